The minimum Gasteiger partial charge on any atom is -0.384 e. The second kappa shape index (κ2) is 12.9. The lowest BCUT2D eigenvalue weighted by Gasteiger charge is -2.12. The van der Waals surface area contributed by atoms with Gasteiger partial charge >= 0.3 is 0 Å². The molecule has 0 aliphatic rings. The van der Waals surface area contributed by atoms with Gasteiger partial charge in [-0.1, -0.05) is 36.4 Å². The average Bonchev–Trinajstić information content (AvgIpc) is 3.69. The predicted octanol–water partition coefficient (Wildman–Crippen LogP) is 7.24. The zero-order chi connectivity index (χ0) is 31.5. The lowest BCUT2D eigenvalue weighted by atomic mass is 10.0. The van der Waals surface area contributed by atoms with Gasteiger partial charge in [-0.25, -0.2) is 4.39 Å². The van der Waals surface area contributed by atoms with E-state index in [4.69, 9.17) is 0 Å². The fourth-order valence-corrected chi connectivity index (χ4v) is 5.75. The standard InChI is InChI=1S/C37H35FN8/c1-46(2)13-12-41-30-16-27(15-29(38)18-30)36-32-19-35(43-33(32)10-11-42-36)37-31-17-26(8-9-34(31)44-45-37)28-14-25(22-40-23-28)21-39-20-24-6-4-3-5-7-24/h3-11,14-19,22-23,39,41,43H,12-13,20-21H2,1-2H3,(H,44,45). The number of pyridine rings is 2. The van der Waals surface area contributed by atoms with Crippen molar-refractivity contribution in [2.45, 2.75) is 13.1 Å². The van der Waals surface area contributed by atoms with E-state index >= 15 is 0 Å². The van der Waals surface area contributed by atoms with E-state index in [0.717, 1.165) is 75.2 Å². The van der Waals surface area contributed by atoms with E-state index in [0.29, 0.717) is 17.8 Å². The van der Waals surface area contributed by atoms with Gasteiger partial charge in [-0.15, -0.1) is 0 Å². The molecule has 0 aliphatic heterocycles. The fourth-order valence-electron chi connectivity index (χ4n) is 5.75. The second-order valence-corrected chi connectivity index (χ2v) is 11.8. The number of likely N-dealkylation sites (N-methyl/N-ethyl adjacent to an activating group) is 1. The molecule has 9 heteroatoms. The predicted molar refractivity (Wildman–Crippen MR) is 184 cm³/mol. The van der Waals surface area contributed by atoms with Crippen LogP contribution in [0, 0.1) is 5.82 Å². The van der Waals surface area contributed by atoms with Crippen molar-refractivity contribution in [2.75, 3.05) is 32.5 Å². The maximum absolute atomic E-state index is 14.7. The summed E-state index contributed by atoms with van der Waals surface area (Å²) in [5, 5.41) is 16.6. The molecule has 7 aromatic rings. The average molecular weight is 611 g/mol. The van der Waals surface area contributed by atoms with Gasteiger partial charge in [-0.3, -0.25) is 15.1 Å². The number of hydrogen-bond donors (Lipinski definition) is 4. The molecule has 0 unspecified atom stereocenters. The number of hydrogen-bond acceptors (Lipinski definition) is 6. The Morgan fingerprint density at radius 2 is 1.61 bits per heavy atom. The maximum atomic E-state index is 14.7. The van der Waals surface area contributed by atoms with Crippen molar-refractivity contribution in [3.8, 4) is 33.8 Å². The number of fused-ring (bicyclic) bond motifs is 2. The van der Waals surface area contributed by atoms with Crippen LogP contribution in [0.25, 0.3) is 55.6 Å². The number of benzene rings is 3. The zero-order valence-electron chi connectivity index (χ0n) is 25.8. The quantitative estimate of drug-likeness (QED) is 0.123. The second-order valence-electron chi connectivity index (χ2n) is 11.8. The third kappa shape index (κ3) is 6.37. The lowest BCUT2D eigenvalue weighted by molar-refractivity contribution is 0.425. The summed E-state index contributed by atoms with van der Waals surface area (Å²) in [4.78, 5) is 14.8. The lowest BCUT2D eigenvalue weighted by Crippen LogP contribution is -2.20. The fraction of sp³-hybridized carbons (Fsp3) is 0.162. The molecule has 0 amide bonds. The van der Waals surface area contributed by atoms with Crippen molar-refractivity contribution in [1.29, 1.82) is 0 Å². The van der Waals surface area contributed by atoms with E-state index in [1.807, 2.05) is 50.8 Å². The van der Waals surface area contributed by atoms with Crippen LogP contribution >= 0.6 is 0 Å². The molecule has 0 saturated heterocycles. The van der Waals surface area contributed by atoms with Gasteiger partial charge < -0.3 is 20.5 Å². The first kappa shape index (κ1) is 29.3. The van der Waals surface area contributed by atoms with Crippen molar-refractivity contribution in [2.24, 2.45) is 0 Å². The highest BCUT2D eigenvalue weighted by Crippen LogP contribution is 2.35. The Balaban J connectivity index is 1.17. The Hall–Kier alpha value is -5.38. The van der Waals surface area contributed by atoms with Crippen LogP contribution in [0.3, 0.4) is 0 Å². The summed E-state index contributed by atoms with van der Waals surface area (Å²) in [6.07, 6.45) is 5.55. The molecule has 7 rings (SSSR count). The van der Waals surface area contributed by atoms with E-state index in [9.17, 15) is 4.39 Å². The molecule has 0 fully saturated rings. The molecule has 3 aromatic carbocycles. The van der Waals surface area contributed by atoms with Gasteiger partial charge in [0.1, 0.15) is 11.5 Å². The highest BCUT2D eigenvalue weighted by molar-refractivity contribution is 6.01. The first-order valence-electron chi connectivity index (χ1n) is 15.3. The van der Waals surface area contributed by atoms with Crippen LogP contribution in [0.15, 0.2) is 104 Å². The molecule has 4 N–H and O–H groups in total. The third-order valence-electron chi connectivity index (χ3n) is 8.05. The van der Waals surface area contributed by atoms with Crippen LogP contribution in [0.1, 0.15) is 11.1 Å². The molecule has 46 heavy (non-hydrogen) atoms. The highest BCUT2D eigenvalue weighted by Gasteiger charge is 2.16. The number of nitrogens with zero attached hydrogens (tertiary/aromatic N) is 4. The van der Waals surface area contributed by atoms with Crippen molar-refractivity contribution < 1.29 is 4.39 Å². The molecule has 0 saturated carbocycles. The number of H-pyrrole nitrogens is 2. The molecular weight excluding hydrogens is 575 g/mol. The number of anilines is 1. The van der Waals surface area contributed by atoms with E-state index in [1.165, 1.54) is 17.7 Å². The zero-order valence-corrected chi connectivity index (χ0v) is 25.8. The summed E-state index contributed by atoms with van der Waals surface area (Å²) in [6.45, 7) is 3.07. The Labute approximate surface area is 266 Å². The Kier molecular flexibility index (Phi) is 8.24. The number of rotatable bonds is 11. The molecule has 0 atom stereocenters. The first-order chi connectivity index (χ1) is 22.5. The molecule has 4 heterocycles. The van der Waals surface area contributed by atoms with Crippen molar-refractivity contribution in [3.05, 3.63) is 120 Å². The highest BCUT2D eigenvalue weighted by atomic mass is 19.1. The SMILES string of the molecule is CN(C)CCNc1cc(F)cc(-c2nccc3[nH]c(-c4n[nH]c5ccc(-c6cncc(CNCc7ccccc7)c6)cc45)cc23)c1. The normalized spacial score (nSPS) is 11.6. The number of aromatic amines is 2. The molecule has 0 radical (unpaired) electrons. The van der Waals surface area contributed by atoms with Gasteiger partial charge in [-0.2, -0.15) is 5.10 Å². The third-order valence-corrected chi connectivity index (χ3v) is 8.05. The van der Waals surface area contributed by atoms with Gasteiger partial charge in [0, 0.05) is 77.9 Å². The Morgan fingerprint density at radius 3 is 2.48 bits per heavy atom. The van der Waals surface area contributed by atoms with Crippen LogP contribution in [-0.4, -0.2) is 57.2 Å². The van der Waals surface area contributed by atoms with Crippen LogP contribution < -0.4 is 10.6 Å². The Bertz CT molecular complexity index is 2120. The summed E-state index contributed by atoms with van der Waals surface area (Å²) < 4.78 is 14.7. The van der Waals surface area contributed by atoms with E-state index in [-0.39, 0.29) is 5.82 Å². The number of nitrogens with one attached hydrogen (secondary N) is 4. The molecule has 0 bridgehead atoms. The minimum absolute atomic E-state index is 0.309. The molecule has 230 valence electrons. The van der Waals surface area contributed by atoms with Crippen LogP contribution in [0.5, 0.6) is 0 Å². The van der Waals surface area contributed by atoms with E-state index in [1.54, 1.807) is 6.20 Å². The first-order valence-corrected chi connectivity index (χ1v) is 15.3. The topological polar surface area (TPSA) is 97.5 Å². The van der Waals surface area contributed by atoms with Crippen molar-refractivity contribution in [3.63, 3.8) is 0 Å². The van der Waals surface area contributed by atoms with Crippen LogP contribution in [-0.2, 0) is 13.1 Å². The van der Waals surface area contributed by atoms with Gasteiger partial charge in [0.25, 0.3) is 0 Å². The number of aromatic nitrogens is 5. The maximum Gasteiger partial charge on any atom is 0.125 e. The number of halogens is 1. The summed E-state index contributed by atoms with van der Waals surface area (Å²) in [5.41, 5.74) is 10.1. The minimum atomic E-state index is -0.309. The van der Waals surface area contributed by atoms with E-state index in [2.05, 4.69) is 89.2 Å². The summed E-state index contributed by atoms with van der Waals surface area (Å²) in [5.74, 6) is -0.309. The van der Waals surface area contributed by atoms with Gasteiger partial charge in [0.05, 0.1) is 16.9 Å². The molecule has 0 spiro atoms. The van der Waals surface area contributed by atoms with Crippen LogP contribution in [0.4, 0.5) is 10.1 Å². The largest absolute Gasteiger partial charge is 0.384 e. The Morgan fingerprint density at radius 1 is 0.761 bits per heavy atom. The molecular formula is C37H35FN8. The smallest absolute Gasteiger partial charge is 0.125 e. The van der Waals surface area contributed by atoms with Gasteiger partial charge in [0.2, 0.25) is 0 Å². The molecule has 8 nitrogen and oxygen atoms in total. The van der Waals surface area contributed by atoms with E-state index < -0.39 is 0 Å². The van der Waals surface area contributed by atoms with Crippen molar-refractivity contribution >= 4 is 27.5 Å². The summed E-state index contributed by atoms with van der Waals surface area (Å²) in [7, 11) is 4.02. The monoisotopic (exact) mass is 610 g/mol. The summed E-state index contributed by atoms with van der Waals surface area (Å²) in [6, 6.07) is 27.8. The van der Waals surface area contributed by atoms with Crippen LogP contribution in [0.2, 0.25) is 0 Å². The molecule has 4 aromatic heterocycles. The molecule has 0 aliphatic carbocycles. The summed E-state index contributed by atoms with van der Waals surface area (Å²) >= 11 is 0. The van der Waals surface area contributed by atoms with Gasteiger partial charge in [-0.05, 0) is 79.3 Å². The van der Waals surface area contributed by atoms with Crippen molar-refractivity contribution in [1.82, 2.24) is 35.4 Å². The van der Waals surface area contributed by atoms with Gasteiger partial charge in [0.15, 0.2) is 0 Å².